The lowest BCUT2D eigenvalue weighted by Gasteiger charge is -2.36. The second kappa shape index (κ2) is 4.39. The molecular weight excluding hydrogens is 215 g/mol. The quantitative estimate of drug-likeness (QED) is 0.849. The molecule has 2 fully saturated rings. The van der Waals surface area contributed by atoms with E-state index >= 15 is 0 Å². The molecule has 2 atom stereocenters. The molecule has 0 aromatic heterocycles. The van der Waals surface area contributed by atoms with Crippen molar-refractivity contribution in [3.63, 3.8) is 0 Å². The van der Waals surface area contributed by atoms with E-state index in [0.29, 0.717) is 5.92 Å². The van der Waals surface area contributed by atoms with E-state index in [0.717, 1.165) is 25.6 Å². The minimum Gasteiger partial charge on any atom is -0.327 e. The van der Waals surface area contributed by atoms with Crippen LogP contribution >= 0.6 is 0 Å². The zero-order valence-corrected chi connectivity index (χ0v) is 9.98. The minimum absolute atomic E-state index is 0.159. The van der Waals surface area contributed by atoms with Crippen molar-refractivity contribution in [3.8, 4) is 0 Å². The Labute approximate surface area is 102 Å². The van der Waals surface area contributed by atoms with E-state index < -0.39 is 0 Å². The molecule has 3 rings (SSSR count). The van der Waals surface area contributed by atoms with Crippen LogP contribution in [-0.4, -0.2) is 30.1 Å². The molecule has 1 saturated carbocycles. The summed E-state index contributed by atoms with van der Waals surface area (Å²) >= 11 is 0. The summed E-state index contributed by atoms with van der Waals surface area (Å²) in [5.41, 5.74) is 7.36. The fourth-order valence-corrected chi connectivity index (χ4v) is 2.89. The minimum atomic E-state index is -0.159. The standard InChI is InChI=1S/C14H19FN2/c15-12-3-1-10(2-4-12)11-7-13(16)9-17(8-11)14-5-6-14/h1-4,11,13-14H,5-9,16H2. The highest BCUT2D eigenvalue weighted by molar-refractivity contribution is 5.22. The maximum atomic E-state index is 12.9. The molecular formula is C14H19FN2. The monoisotopic (exact) mass is 234 g/mol. The van der Waals surface area contributed by atoms with Crippen LogP contribution in [0.5, 0.6) is 0 Å². The van der Waals surface area contributed by atoms with E-state index in [-0.39, 0.29) is 11.9 Å². The number of hydrogen-bond donors (Lipinski definition) is 1. The van der Waals surface area contributed by atoms with Crippen LogP contribution in [0.1, 0.15) is 30.7 Å². The molecule has 0 amide bonds. The van der Waals surface area contributed by atoms with Crippen molar-refractivity contribution in [1.29, 1.82) is 0 Å². The Bertz CT molecular complexity index is 386. The Balaban J connectivity index is 1.75. The Morgan fingerprint density at radius 2 is 1.82 bits per heavy atom. The molecule has 1 saturated heterocycles. The van der Waals surface area contributed by atoms with Crippen LogP contribution in [0, 0.1) is 5.82 Å². The van der Waals surface area contributed by atoms with Crippen molar-refractivity contribution in [3.05, 3.63) is 35.6 Å². The van der Waals surface area contributed by atoms with E-state index in [1.807, 2.05) is 12.1 Å². The smallest absolute Gasteiger partial charge is 0.123 e. The summed E-state index contributed by atoms with van der Waals surface area (Å²) in [6, 6.07) is 7.95. The number of likely N-dealkylation sites (tertiary alicyclic amines) is 1. The topological polar surface area (TPSA) is 29.3 Å². The molecule has 1 aliphatic carbocycles. The van der Waals surface area contributed by atoms with Crippen molar-refractivity contribution in [2.45, 2.75) is 37.3 Å². The van der Waals surface area contributed by atoms with Crippen molar-refractivity contribution < 1.29 is 4.39 Å². The number of halogens is 1. The van der Waals surface area contributed by atoms with Crippen LogP contribution in [0.3, 0.4) is 0 Å². The molecule has 1 aliphatic heterocycles. The first kappa shape index (κ1) is 11.2. The summed E-state index contributed by atoms with van der Waals surface area (Å²) in [5, 5.41) is 0. The number of rotatable bonds is 2. The first-order valence-corrected chi connectivity index (χ1v) is 6.47. The van der Waals surface area contributed by atoms with Crippen LogP contribution in [0.2, 0.25) is 0 Å². The molecule has 1 aromatic rings. The third-order valence-corrected chi connectivity index (χ3v) is 3.92. The van der Waals surface area contributed by atoms with Gasteiger partial charge in [0.05, 0.1) is 0 Å². The Hall–Kier alpha value is -0.930. The average Bonchev–Trinajstić information content (AvgIpc) is 3.13. The molecule has 0 radical (unpaired) electrons. The third-order valence-electron chi connectivity index (χ3n) is 3.92. The second-order valence-electron chi connectivity index (χ2n) is 5.43. The van der Waals surface area contributed by atoms with E-state index in [1.165, 1.54) is 18.4 Å². The molecule has 1 heterocycles. The number of hydrogen-bond acceptors (Lipinski definition) is 2. The molecule has 2 unspecified atom stereocenters. The Morgan fingerprint density at radius 3 is 2.47 bits per heavy atom. The highest BCUT2D eigenvalue weighted by atomic mass is 19.1. The van der Waals surface area contributed by atoms with Gasteiger partial charge in [0.15, 0.2) is 0 Å². The van der Waals surface area contributed by atoms with Gasteiger partial charge in [0.1, 0.15) is 5.82 Å². The summed E-state index contributed by atoms with van der Waals surface area (Å²) in [7, 11) is 0. The van der Waals surface area contributed by atoms with Gasteiger partial charge in [0, 0.05) is 25.2 Å². The van der Waals surface area contributed by atoms with Crippen LogP contribution in [0.25, 0.3) is 0 Å². The van der Waals surface area contributed by atoms with Gasteiger partial charge in [0.25, 0.3) is 0 Å². The van der Waals surface area contributed by atoms with Crippen LogP contribution in [0.4, 0.5) is 4.39 Å². The number of nitrogens with zero attached hydrogens (tertiary/aromatic N) is 1. The summed E-state index contributed by atoms with van der Waals surface area (Å²) in [6.07, 6.45) is 3.67. The van der Waals surface area contributed by atoms with Crippen LogP contribution < -0.4 is 5.73 Å². The van der Waals surface area contributed by atoms with Gasteiger partial charge in [-0.15, -0.1) is 0 Å². The SMILES string of the molecule is NC1CC(c2ccc(F)cc2)CN(C2CC2)C1. The molecule has 1 aromatic carbocycles. The molecule has 3 heteroatoms. The molecule has 0 bridgehead atoms. The highest BCUT2D eigenvalue weighted by Gasteiger charge is 2.35. The zero-order chi connectivity index (χ0) is 11.8. The van der Waals surface area contributed by atoms with Crippen molar-refractivity contribution >= 4 is 0 Å². The largest absolute Gasteiger partial charge is 0.327 e. The van der Waals surface area contributed by atoms with Gasteiger partial charge < -0.3 is 5.73 Å². The van der Waals surface area contributed by atoms with Crippen LogP contribution in [0.15, 0.2) is 24.3 Å². The fraction of sp³-hybridized carbons (Fsp3) is 0.571. The van der Waals surface area contributed by atoms with Gasteiger partial charge >= 0.3 is 0 Å². The Morgan fingerprint density at radius 1 is 1.12 bits per heavy atom. The van der Waals surface area contributed by atoms with Gasteiger partial charge in [0.2, 0.25) is 0 Å². The van der Waals surface area contributed by atoms with Crippen molar-refractivity contribution in [2.75, 3.05) is 13.1 Å². The normalized spacial score (nSPS) is 30.5. The fourth-order valence-electron chi connectivity index (χ4n) is 2.89. The van der Waals surface area contributed by atoms with Crippen LogP contribution in [-0.2, 0) is 0 Å². The molecule has 2 N–H and O–H groups in total. The number of benzene rings is 1. The highest BCUT2D eigenvalue weighted by Crippen LogP contribution is 2.34. The van der Waals surface area contributed by atoms with Gasteiger partial charge in [-0.05, 0) is 42.9 Å². The van der Waals surface area contributed by atoms with Crippen molar-refractivity contribution in [1.82, 2.24) is 4.90 Å². The maximum Gasteiger partial charge on any atom is 0.123 e. The Kier molecular flexibility index (Phi) is 2.89. The average molecular weight is 234 g/mol. The van der Waals surface area contributed by atoms with Gasteiger partial charge in [-0.25, -0.2) is 4.39 Å². The number of piperidine rings is 1. The maximum absolute atomic E-state index is 12.9. The summed E-state index contributed by atoms with van der Waals surface area (Å²) in [4.78, 5) is 2.52. The van der Waals surface area contributed by atoms with Crippen molar-refractivity contribution in [2.24, 2.45) is 5.73 Å². The van der Waals surface area contributed by atoms with E-state index in [4.69, 9.17) is 5.73 Å². The lowest BCUT2D eigenvalue weighted by Crippen LogP contribution is -2.47. The third kappa shape index (κ3) is 2.50. The van der Waals surface area contributed by atoms with Gasteiger partial charge in [-0.3, -0.25) is 4.90 Å². The van der Waals surface area contributed by atoms with Gasteiger partial charge in [-0.2, -0.15) is 0 Å². The molecule has 17 heavy (non-hydrogen) atoms. The lowest BCUT2D eigenvalue weighted by atomic mass is 9.88. The summed E-state index contributed by atoms with van der Waals surface area (Å²) in [6.45, 7) is 2.12. The first-order valence-electron chi connectivity index (χ1n) is 6.47. The lowest BCUT2D eigenvalue weighted by molar-refractivity contribution is 0.180. The molecule has 0 spiro atoms. The summed E-state index contributed by atoms with van der Waals surface area (Å²) < 4.78 is 12.9. The first-order chi connectivity index (χ1) is 8.22. The molecule has 2 nitrogen and oxygen atoms in total. The predicted molar refractivity (Wildman–Crippen MR) is 66.3 cm³/mol. The zero-order valence-electron chi connectivity index (χ0n) is 9.98. The summed E-state index contributed by atoms with van der Waals surface area (Å²) in [5.74, 6) is 0.313. The van der Waals surface area contributed by atoms with E-state index in [2.05, 4.69) is 4.90 Å². The van der Waals surface area contributed by atoms with E-state index in [1.54, 1.807) is 12.1 Å². The molecule has 2 aliphatic rings. The predicted octanol–water partition coefficient (Wildman–Crippen LogP) is 2.10. The number of nitrogens with two attached hydrogens (primary N) is 1. The second-order valence-corrected chi connectivity index (χ2v) is 5.43. The van der Waals surface area contributed by atoms with Gasteiger partial charge in [-0.1, -0.05) is 12.1 Å². The molecule has 92 valence electrons. The van der Waals surface area contributed by atoms with E-state index in [9.17, 15) is 4.39 Å².